The second kappa shape index (κ2) is 9.70. The van der Waals surface area contributed by atoms with Crippen molar-refractivity contribution in [3.8, 4) is 0 Å². The number of rotatable bonds is 9. The van der Waals surface area contributed by atoms with Gasteiger partial charge in [0.25, 0.3) is 0 Å². The fourth-order valence-corrected chi connectivity index (χ4v) is 4.57. The maximum atomic E-state index is 11.6. The minimum absolute atomic E-state index is 0.0496. The maximum Gasteiger partial charge on any atom is 0.330 e. The molecule has 0 fully saturated rings. The average molecular weight is 389 g/mol. The molecule has 3 nitrogen and oxygen atoms in total. The van der Waals surface area contributed by atoms with E-state index in [1.807, 2.05) is 6.08 Å². The molecular formula is C23H36O3Si. The van der Waals surface area contributed by atoms with Crippen molar-refractivity contribution >= 4 is 14.3 Å². The molecule has 0 aliphatic carbocycles. The molecule has 1 aliphatic rings. The van der Waals surface area contributed by atoms with Crippen LogP contribution in [0.4, 0.5) is 0 Å². The summed E-state index contributed by atoms with van der Waals surface area (Å²) in [5.41, 5.74) is 1.39. The molecule has 4 heteroatoms. The van der Waals surface area contributed by atoms with Gasteiger partial charge in [0, 0.05) is 25.0 Å². The fraction of sp³-hybridized carbons (Fsp3) is 0.609. The van der Waals surface area contributed by atoms with Crippen LogP contribution in [0.2, 0.25) is 18.1 Å². The molecule has 0 bridgehead atoms. The van der Waals surface area contributed by atoms with Crippen LogP contribution >= 0.6 is 0 Å². The molecule has 0 spiro atoms. The minimum atomic E-state index is -1.85. The van der Waals surface area contributed by atoms with Gasteiger partial charge in [-0.15, -0.1) is 0 Å². The van der Waals surface area contributed by atoms with E-state index in [0.29, 0.717) is 0 Å². The van der Waals surface area contributed by atoms with Crippen molar-refractivity contribution in [2.24, 2.45) is 0 Å². The summed E-state index contributed by atoms with van der Waals surface area (Å²) in [6, 6.07) is 10.6. The molecule has 1 aromatic rings. The molecule has 2 atom stereocenters. The summed E-state index contributed by atoms with van der Waals surface area (Å²) >= 11 is 0. The van der Waals surface area contributed by atoms with E-state index >= 15 is 0 Å². The zero-order chi connectivity index (χ0) is 19.9. The second-order valence-electron chi connectivity index (χ2n) is 9.16. The zero-order valence-electron chi connectivity index (χ0n) is 17.7. The number of unbranched alkanes of at least 4 members (excludes halogenated alkanes) is 1. The van der Waals surface area contributed by atoms with E-state index in [0.717, 1.165) is 38.5 Å². The number of hydrogen-bond donors (Lipinski definition) is 0. The second-order valence-corrected chi connectivity index (χ2v) is 13.9. The van der Waals surface area contributed by atoms with E-state index in [1.165, 1.54) is 11.6 Å². The van der Waals surface area contributed by atoms with E-state index in [1.54, 1.807) is 0 Å². The Labute approximate surface area is 166 Å². The highest BCUT2D eigenvalue weighted by Gasteiger charge is 2.39. The van der Waals surface area contributed by atoms with Crippen molar-refractivity contribution in [1.82, 2.24) is 0 Å². The number of esters is 1. The quantitative estimate of drug-likeness (QED) is 0.293. The number of carbonyl (C=O) groups excluding carboxylic acids is 1. The highest BCUT2D eigenvalue weighted by molar-refractivity contribution is 6.74. The van der Waals surface area contributed by atoms with E-state index in [4.69, 9.17) is 9.16 Å². The molecular weight excluding hydrogens is 352 g/mol. The van der Waals surface area contributed by atoms with Crippen LogP contribution in [0, 0.1) is 0 Å². The molecule has 1 aliphatic heterocycles. The van der Waals surface area contributed by atoms with Crippen LogP contribution in [0.3, 0.4) is 0 Å². The minimum Gasteiger partial charge on any atom is -0.459 e. The van der Waals surface area contributed by atoms with Crippen molar-refractivity contribution in [1.29, 1.82) is 0 Å². The first-order chi connectivity index (χ1) is 12.7. The van der Waals surface area contributed by atoms with Crippen molar-refractivity contribution < 1.29 is 14.0 Å². The van der Waals surface area contributed by atoms with Gasteiger partial charge in [0.05, 0.1) is 0 Å². The standard InChI is InChI=1S/C23H36O3Si/c1-23(2,3)27(4,5)26-21(18-20-16-11-17-22(24)25-20)15-10-9-14-19-12-7-6-8-13-19/h6-8,11-13,17,20-21H,9-10,14-16,18H2,1-5H3/t20-,21+/m0/s1. The molecule has 150 valence electrons. The van der Waals surface area contributed by atoms with Crippen LogP contribution in [0.1, 0.15) is 58.4 Å². The fourth-order valence-electron chi connectivity index (χ4n) is 3.17. The molecule has 0 aromatic heterocycles. The Morgan fingerprint density at radius 3 is 2.52 bits per heavy atom. The largest absolute Gasteiger partial charge is 0.459 e. The molecule has 0 amide bonds. The Bertz CT molecular complexity index is 616. The Morgan fingerprint density at radius 1 is 1.19 bits per heavy atom. The van der Waals surface area contributed by atoms with Gasteiger partial charge in [0.15, 0.2) is 8.32 Å². The van der Waals surface area contributed by atoms with Crippen LogP contribution in [-0.2, 0) is 20.4 Å². The van der Waals surface area contributed by atoms with Crippen molar-refractivity contribution in [3.63, 3.8) is 0 Å². The summed E-state index contributed by atoms with van der Waals surface area (Å²) in [7, 11) is -1.85. The van der Waals surface area contributed by atoms with Crippen molar-refractivity contribution in [2.75, 3.05) is 0 Å². The third-order valence-electron chi connectivity index (χ3n) is 5.81. The van der Waals surface area contributed by atoms with Gasteiger partial charge in [-0.25, -0.2) is 4.79 Å². The van der Waals surface area contributed by atoms with Crippen molar-refractivity contribution in [3.05, 3.63) is 48.0 Å². The lowest BCUT2D eigenvalue weighted by Crippen LogP contribution is -2.45. The molecule has 2 rings (SSSR count). The van der Waals surface area contributed by atoms with Gasteiger partial charge in [0.1, 0.15) is 6.10 Å². The summed E-state index contributed by atoms with van der Waals surface area (Å²) in [5, 5.41) is 0.179. The summed E-state index contributed by atoms with van der Waals surface area (Å²) < 4.78 is 12.2. The third-order valence-corrected chi connectivity index (χ3v) is 10.3. The predicted octanol–water partition coefficient (Wildman–Crippen LogP) is 6.05. The number of aryl methyl sites for hydroxylation is 1. The SMILES string of the molecule is CC(C)(C)[Si](C)(C)O[C@H](CCCCc1ccccc1)C[C@@H]1CC=CC(=O)O1. The topological polar surface area (TPSA) is 35.5 Å². The van der Waals surface area contributed by atoms with Crippen LogP contribution in [0.25, 0.3) is 0 Å². The number of benzene rings is 1. The van der Waals surface area contributed by atoms with Gasteiger partial charge in [-0.2, -0.15) is 0 Å². The van der Waals surface area contributed by atoms with Crippen LogP contribution in [0.15, 0.2) is 42.5 Å². The molecule has 27 heavy (non-hydrogen) atoms. The van der Waals surface area contributed by atoms with Crippen molar-refractivity contribution in [2.45, 2.75) is 89.6 Å². The van der Waals surface area contributed by atoms with Gasteiger partial charge >= 0.3 is 5.97 Å². The Morgan fingerprint density at radius 2 is 1.89 bits per heavy atom. The van der Waals surface area contributed by atoms with E-state index in [9.17, 15) is 4.79 Å². The highest BCUT2D eigenvalue weighted by atomic mass is 28.4. The molecule has 1 heterocycles. The lowest BCUT2D eigenvalue weighted by atomic mass is 10.0. The van der Waals surface area contributed by atoms with Gasteiger partial charge in [-0.1, -0.05) is 63.6 Å². The predicted molar refractivity (Wildman–Crippen MR) is 114 cm³/mol. The van der Waals surface area contributed by atoms with Gasteiger partial charge < -0.3 is 9.16 Å². The molecule has 0 radical (unpaired) electrons. The molecule has 1 aromatic carbocycles. The van der Waals surface area contributed by atoms with Crippen LogP contribution in [0.5, 0.6) is 0 Å². The molecule has 0 unspecified atom stereocenters. The van der Waals surface area contributed by atoms with Gasteiger partial charge in [0.2, 0.25) is 0 Å². The molecule has 0 saturated heterocycles. The number of hydrogen-bond acceptors (Lipinski definition) is 3. The first-order valence-electron chi connectivity index (χ1n) is 10.3. The van der Waals surface area contributed by atoms with Crippen LogP contribution < -0.4 is 0 Å². The van der Waals surface area contributed by atoms with E-state index < -0.39 is 8.32 Å². The monoisotopic (exact) mass is 388 g/mol. The van der Waals surface area contributed by atoms with Crippen LogP contribution in [-0.4, -0.2) is 26.5 Å². The summed E-state index contributed by atoms with van der Waals surface area (Å²) in [6.07, 6.45) is 9.58. The lowest BCUT2D eigenvalue weighted by Gasteiger charge is -2.40. The number of cyclic esters (lactones) is 1. The first kappa shape index (κ1) is 21.9. The summed E-state index contributed by atoms with van der Waals surface area (Å²) in [6.45, 7) is 11.4. The lowest BCUT2D eigenvalue weighted by molar-refractivity contribution is -0.145. The maximum absolute atomic E-state index is 11.6. The Hall–Kier alpha value is -1.39. The van der Waals surface area contributed by atoms with E-state index in [2.05, 4.69) is 64.2 Å². The molecule has 0 saturated carbocycles. The zero-order valence-corrected chi connectivity index (χ0v) is 18.7. The molecule has 0 N–H and O–H groups in total. The third kappa shape index (κ3) is 7.26. The number of carbonyl (C=O) groups is 1. The summed E-state index contributed by atoms with van der Waals surface area (Å²) in [5.74, 6) is -0.221. The Kier molecular flexibility index (Phi) is 7.87. The summed E-state index contributed by atoms with van der Waals surface area (Å²) in [4.78, 5) is 11.6. The van der Waals surface area contributed by atoms with Gasteiger partial charge in [-0.3, -0.25) is 0 Å². The highest BCUT2D eigenvalue weighted by Crippen LogP contribution is 2.38. The van der Waals surface area contributed by atoms with E-state index in [-0.39, 0.29) is 23.2 Å². The first-order valence-corrected chi connectivity index (χ1v) is 13.2. The average Bonchev–Trinajstić information content (AvgIpc) is 2.58. The normalized spacial score (nSPS) is 19.0. The van der Waals surface area contributed by atoms with Gasteiger partial charge in [-0.05, 0) is 43.0 Å². The Balaban J connectivity index is 1.91. The smallest absolute Gasteiger partial charge is 0.330 e. The number of ether oxygens (including phenoxy) is 1.